The molecule has 7 heteroatoms. The van der Waals surface area contributed by atoms with Crippen molar-refractivity contribution in [3.63, 3.8) is 0 Å². The zero-order valence-electron chi connectivity index (χ0n) is 12.5. The molecular weight excluding hydrogens is 276 g/mol. The summed E-state index contributed by atoms with van der Waals surface area (Å²) >= 11 is 0. The number of hydrogen-bond acceptors (Lipinski definition) is 5. The van der Waals surface area contributed by atoms with Crippen LogP contribution in [0.4, 0.5) is 0 Å². The van der Waals surface area contributed by atoms with Gasteiger partial charge in [-0.25, -0.2) is 0 Å². The molecule has 1 unspecified atom stereocenters. The molecule has 1 aliphatic carbocycles. The van der Waals surface area contributed by atoms with E-state index in [1.54, 1.807) is 12.0 Å². The van der Waals surface area contributed by atoms with Crippen LogP contribution in [0.15, 0.2) is 0 Å². The smallest absolute Gasteiger partial charge is 0.243 e. The molecular formula is C14H24N2O5. The van der Waals surface area contributed by atoms with Gasteiger partial charge in [0.1, 0.15) is 6.04 Å². The van der Waals surface area contributed by atoms with E-state index in [9.17, 15) is 9.59 Å². The molecule has 120 valence electrons. The lowest BCUT2D eigenvalue weighted by Crippen LogP contribution is -2.59. The number of nitrogens with one attached hydrogen (secondary N) is 1. The molecule has 7 nitrogen and oxygen atoms in total. The van der Waals surface area contributed by atoms with Crippen molar-refractivity contribution in [1.29, 1.82) is 0 Å². The lowest BCUT2D eigenvalue weighted by atomic mass is 10.1. The highest BCUT2D eigenvalue weighted by molar-refractivity contribution is 5.95. The van der Waals surface area contributed by atoms with Crippen molar-refractivity contribution in [3.05, 3.63) is 0 Å². The van der Waals surface area contributed by atoms with Crippen molar-refractivity contribution in [1.82, 2.24) is 10.2 Å². The van der Waals surface area contributed by atoms with E-state index in [0.717, 1.165) is 12.8 Å². The second-order valence-corrected chi connectivity index (χ2v) is 5.30. The van der Waals surface area contributed by atoms with Crippen LogP contribution in [0.2, 0.25) is 0 Å². The number of rotatable bonds is 10. The van der Waals surface area contributed by atoms with Gasteiger partial charge in [0.2, 0.25) is 11.8 Å². The van der Waals surface area contributed by atoms with E-state index < -0.39 is 0 Å². The van der Waals surface area contributed by atoms with Crippen LogP contribution >= 0.6 is 0 Å². The number of hydrogen-bond donors (Lipinski definition) is 1. The molecule has 0 spiro atoms. The number of amides is 2. The highest BCUT2D eigenvalue weighted by atomic mass is 16.5. The Bertz CT molecular complexity index is 359. The maximum atomic E-state index is 11.9. The van der Waals surface area contributed by atoms with Gasteiger partial charge in [0.15, 0.2) is 0 Å². The average molecular weight is 300 g/mol. The zero-order valence-corrected chi connectivity index (χ0v) is 12.5. The first-order valence-corrected chi connectivity index (χ1v) is 7.45. The molecule has 0 aromatic carbocycles. The van der Waals surface area contributed by atoms with Crippen LogP contribution in [-0.4, -0.2) is 76.0 Å². The van der Waals surface area contributed by atoms with Gasteiger partial charge < -0.3 is 24.4 Å². The van der Waals surface area contributed by atoms with E-state index in [0.29, 0.717) is 45.5 Å². The van der Waals surface area contributed by atoms with Crippen LogP contribution in [0.3, 0.4) is 0 Å². The molecule has 1 N–H and O–H groups in total. The zero-order chi connectivity index (χ0) is 15.1. The molecule has 0 aromatic rings. The van der Waals surface area contributed by atoms with Crippen LogP contribution in [0, 0.1) is 5.92 Å². The van der Waals surface area contributed by atoms with E-state index >= 15 is 0 Å². The van der Waals surface area contributed by atoms with Crippen LogP contribution in [-0.2, 0) is 23.8 Å². The monoisotopic (exact) mass is 300 g/mol. The Hall–Kier alpha value is -1.18. The summed E-state index contributed by atoms with van der Waals surface area (Å²) < 4.78 is 15.6. The largest absolute Gasteiger partial charge is 0.382 e. The third kappa shape index (κ3) is 4.94. The van der Waals surface area contributed by atoms with Gasteiger partial charge in [-0.1, -0.05) is 0 Å². The fraction of sp³-hybridized carbons (Fsp3) is 0.857. The van der Waals surface area contributed by atoms with Crippen molar-refractivity contribution in [2.24, 2.45) is 5.92 Å². The maximum absolute atomic E-state index is 11.9. The molecule has 1 heterocycles. The minimum absolute atomic E-state index is 0.0218. The molecule has 0 bridgehead atoms. The number of carbonyl (C=O) groups excluding carboxylic acids is 2. The summed E-state index contributed by atoms with van der Waals surface area (Å²) in [7, 11) is 1.63. The maximum Gasteiger partial charge on any atom is 0.243 e. The van der Waals surface area contributed by atoms with Gasteiger partial charge in [-0.15, -0.1) is 0 Å². The Morgan fingerprint density at radius 3 is 2.43 bits per heavy atom. The van der Waals surface area contributed by atoms with Gasteiger partial charge in [0.25, 0.3) is 0 Å². The summed E-state index contributed by atoms with van der Waals surface area (Å²) in [5.41, 5.74) is 0. The molecule has 0 aromatic heterocycles. The summed E-state index contributed by atoms with van der Waals surface area (Å²) in [5.74, 6) is 0.276. The molecule has 1 saturated carbocycles. The Labute approximate surface area is 124 Å². The summed E-state index contributed by atoms with van der Waals surface area (Å²) in [4.78, 5) is 25.5. The molecule has 2 rings (SSSR count). The minimum Gasteiger partial charge on any atom is -0.382 e. The third-order valence-corrected chi connectivity index (χ3v) is 3.69. The number of ether oxygens (including phenoxy) is 3. The quantitative estimate of drug-likeness (QED) is 0.545. The SMILES string of the molecule is COCCOCCOCCN1C(=O)CNC(=O)C1C1CC1. The topological polar surface area (TPSA) is 77.1 Å². The number of nitrogens with zero attached hydrogens (tertiary/aromatic N) is 1. The fourth-order valence-electron chi connectivity index (χ4n) is 2.44. The summed E-state index contributed by atoms with van der Waals surface area (Å²) in [6.07, 6.45) is 2.05. The van der Waals surface area contributed by atoms with Crippen LogP contribution in [0.5, 0.6) is 0 Å². The highest BCUT2D eigenvalue weighted by Crippen LogP contribution is 2.36. The van der Waals surface area contributed by atoms with Gasteiger partial charge in [-0.3, -0.25) is 9.59 Å². The Morgan fingerprint density at radius 1 is 1.10 bits per heavy atom. The van der Waals surface area contributed by atoms with E-state index in [1.165, 1.54) is 0 Å². The second-order valence-electron chi connectivity index (χ2n) is 5.30. The second kappa shape index (κ2) is 8.31. The van der Waals surface area contributed by atoms with Gasteiger partial charge in [0, 0.05) is 13.7 Å². The molecule has 2 amide bonds. The van der Waals surface area contributed by atoms with Crippen LogP contribution < -0.4 is 5.32 Å². The number of methoxy groups -OCH3 is 1. The van der Waals surface area contributed by atoms with Crippen molar-refractivity contribution in [3.8, 4) is 0 Å². The molecule has 1 atom stereocenters. The van der Waals surface area contributed by atoms with Gasteiger partial charge >= 0.3 is 0 Å². The average Bonchev–Trinajstić information content (AvgIpc) is 3.29. The van der Waals surface area contributed by atoms with Crippen molar-refractivity contribution < 1.29 is 23.8 Å². The first kappa shape index (κ1) is 16.2. The highest BCUT2D eigenvalue weighted by Gasteiger charge is 2.44. The van der Waals surface area contributed by atoms with Crippen molar-refractivity contribution in [2.45, 2.75) is 18.9 Å². The Kier molecular flexibility index (Phi) is 6.41. The molecule has 1 saturated heterocycles. The van der Waals surface area contributed by atoms with Crippen molar-refractivity contribution >= 4 is 11.8 Å². The lowest BCUT2D eigenvalue weighted by molar-refractivity contribution is -0.147. The standard InChI is InChI=1S/C14H24N2O5/c1-19-6-7-21-9-8-20-5-4-16-12(17)10-15-14(18)13(16)11-2-3-11/h11,13H,2-10H2,1H3,(H,15,18). The minimum atomic E-state index is -0.298. The number of carbonyl (C=O) groups is 2. The summed E-state index contributed by atoms with van der Waals surface area (Å²) in [6.45, 7) is 3.09. The first-order chi connectivity index (χ1) is 10.2. The molecule has 1 aliphatic heterocycles. The van der Waals surface area contributed by atoms with E-state index in [4.69, 9.17) is 14.2 Å². The molecule has 21 heavy (non-hydrogen) atoms. The van der Waals surface area contributed by atoms with E-state index in [2.05, 4.69) is 5.32 Å². The van der Waals surface area contributed by atoms with Crippen molar-refractivity contribution in [2.75, 3.05) is 53.2 Å². The van der Waals surface area contributed by atoms with Crippen LogP contribution in [0.25, 0.3) is 0 Å². The van der Waals surface area contributed by atoms with Crippen LogP contribution in [0.1, 0.15) is 12.8 Å². The lowest BCUT2D eigenvalue weighted by Gasteiger charge is -2.35. The third-order valence-electron chi connectivity index (χ3n) is 3.69. The fourth-order valence-corrected chi connectivity index (χ4v) is 2.44. The predicted octanol–water partition coefficient (Wildman–Crippen LogP) is -0.597. The molecule has 2 aliphatic rings. The first-order valence-electron chi connectivity index (χ1n) is 7.45. The van der Waals surface area contributed by atoms with Gasteiger partial charge in [-0.05, 0) is 18.8 Å². The Balaban J connectivity index is 1.63. The summed E-state index contributed by atoms with van der Waals surface area (Å²) in [5, 5.41) is 2.66. The predicted molar refractivity (Wildman–Crippen MR) is 74.7 cm³/mol. The van der Waals surface area contributed by atoms with E-state index in [-0.39, 0.29) is 24.4 Å². The molecule has 2 fully saturated rings. The Morgan fingerprint density at radius 2 is 1.76 bits per heavy atom. The van der Waals surface area contributed by atoms with E-state index in [1.807, 2.05) is 0 Å². The number of piperazine rings is 1. The van der Waals surface area contributed by atoms with Gasteiger partial charge in [-0.2, -0.15) is 0 Å². The summed E-state index contributed by atoms with van der Waals surface area (Å²) in [6, 6.07) is -0.298. The normalized spacial score (nSPS) is 22.5. The van der Waals surface area contributed by atoms with Gasteiger partial charge in [0.05, 0.1) is 39.6 Å². The molecule has 0 radical (unpaired) electrons.